The summed E-state index contributed by atoms with van der Waals surface area (Å²) in [6.07, 6.45) is 3.57. The van der Waals surface area contributed by atoms with Crippen LogP contribution in [-0.4, -0.2) is 59.7 Å². The zero-order chi connectivity index (χ0) is 22.9. The number of benzene rings is 1. The lowest BCUT2D eigenvalue weighted by molar-refractivity contribution is 0.0517. The van der Waals surface area contributed by atoms with Crippen LogP contribution in [0.2, 0.25) is 0 Å². The number of likely N-dealkylation sites (tertiary alicyclic amines) is 2. The summed E-state index contributed by atoms with van der Waals surface area (Å²) in [4.78, 5) is 30.8. The molecule has 2 N–H and O–H groups in total. The van der Waals surface area contributed by atoms with Crippen molar-refractivity contribution in [3.63, 3.8) is 0 Å². The maximum Gasteiger partial charge on any atom is 0.323 e. The predicted octanol–water partition coefficient (Wildman–Crippen LogP) is 2.88. The molecule has 33 heavy (non-hydrogen) atoms. The number of nitrogens with zero attached hydrogens (tertiary/aromatic N) is 4. The molecule has 3 aliphatic heterocycles. The van der Waals surface area contributed by atoms with Gasteiger partial charge in [0.2, 0.25) is 0 Å². The highest BCUT2D eigenvalue weighted by atomic mass is 16.2. The molecule has 172 valence electrons. The van der Waals surface area contributed by atoms with Crippen molar-refractivity contribution < 1.29 is 4.79 Å². The van der Waals surface area contributed by atoms with Crippen LogP contribution in [0.25, 0.3) is 0 Å². The van der Waals surface area contributed by atoms with Crippen LogP contribution in [-0.2, 0) is 6.54 Å². The van der Waals surface area contributed by atoms with Crippen LogP contribution in [0.5, 0.6) is 0 Å². The van der Waals surface area contributed by atoms with Gasteiger partial charge < -0.3 is 20.1 Å². The largest absolute Gasteiger partial charge is 0.323 e. The molecule has 0 radical (unpaired) electrons. The smallest absolute Gasteiger partial charge is 0.310 e. The number of hydrogen-bond acceptors (Lipinski definition) is 5. The van der Waals surface area contributed by atoms with E-state index in [9.17, 15) is 9.59 Å². The van der Waals surface area contributed by atoms with Gasteiger partial charge in [-0.05, 0) is 75.6 Å². The Bertz CT molecular complexity index is 1140. The third kappa shape index (κ3) is 4.52. The van der Waals surface area contributed by atoms with E-state index in [-0.39, 0.29) is 11.2 Å². The molecule has 1 aromatic heterocycles. The Morgan fingerprint density at radius 1 is 1.09 bits per heavy atom. The molecule has 2 atom stereocenters. The van der Waals surface area contributed by atoms with Crippen LogP contribution in [0, 0.1) is 17.2 Å². The number of carbonyl (C=O) groups excluding carboxylic acids is 1. The highest BCUT2D eigenvalue weighted by Gasteiger charge is 2.37. The summed E-state index contributed by atoms with van der Waals surface area (Å²) >= 11 is 0. The number of urea groups is 1. The van der Waals surface area contributed by atoms with Crippen molar-refractivity contribution in [2.24, 2.45) is 5.92 Å². The third-order valence-electron chi connectivity index (χ3n) is 7.33. The second kappa shape index (κ2) is 9.00. The zero-order valence-electron chi connectivity index (χ0n) is 19.0. The van der Waals surface area contributed by atoms with Crippen molar-refractivity contribution in [1.29, 1.82) is 5.26 Å². The molecule has 2 fully saturated rings. The standard InChI is InChI=1S/C25H30N6O2/c1-29-9-7-21(8-10-29)30-14-18-11-19(16-30)23-6-5-22(24(32)31(23)15-18)28-25(33)27-20-4-2-3-17(12-20)13-26/h2-6,12,18-19,21H,7-11,14-16H2,1H3,(H2,27,28,33). The molecule has 3 aliphatic rings. The van der Waals surface area contributed by atoms with Gasteiger partial charge in [-0.15, -0.1) is 0 Å². The third-order valence-corrected chi connectivity index (χ3v) is 7.33. The lowest BCUT2D eigenvalue weighted by Gasteiger charge is -2.47. The topological polar surface area (TPSA) is 93.4 Å². The molecule has 8 nitrogen and oxygen atoms in total. The van der Waals surface area contributed by atoms with E-state index in [0.29, 0.717) is 35.7 Å². The number of hydrogen-bond donors (Lipinski definition) is 2. The monoisotopic (exact) mass is 446 g/mol. The van der Waals surface area contributed by atoms with Crippen molar-refractivity contribution in [1.82, 2.24) is 14.4 Å². The Hall–Kier alpha value is -3.15. The van der Waals surface area contributed by atoms with E-state index < -0.39 is 6.03 Å². The lowest BCUT2D eigenvalue weighted by Crippen LogP contribution is -2.53. The van der Waals surface area contributed by atoms with Gasteiger partial charge in [-0.2, -0.15) is 5.26 Å². The summed E-state index contributed by atoms with van der Waals surface area (Å²) in [5.41, 5.74) is 2.19. The SMILES string of the molecule is CN1CCC(N2CC3CC(C2)c2ccc(NC(=O)Nc4cccc(C#N)c4)c(=O)n2C3)CC1. The summed E-state index contributed by atoms with van der Waals surface area (Å²) in [6, 6.07) is 12.6. The number of rotatable bonds is 3. The van der Waals surface area contributed by atoms with Crippen molar-refractivity contribution in [2.45, 2.75) is 37.8 Å². The minimum atomic E-state index is -0.493. The van der Waals surface area contributed by atoms with Crippen LogP contribution in [0.3, 0.4) is 0 Å². The van der Waals surface area contributed by atoms with Crippen LogP contribution in [0.1, 0.15) is 36.4 Å². The van der Waals surface area contributed by atoms with Crippen molar-refractivity contribution in [2.75, 3.05) is 43.9 Å². The number of piperidine rings is 2. The lowest BCUT2D eigenvalue weighted by atomic mass is 9.82. The second-order valence-electron chi connectivity index (χ2n) is 9.65. The molecule has 5 rings (SSSR count). The average Bonchev–Trinajstić information content (AvgIpc) is 2.81. The molecule has 1 aromatic carbocycles. The van der Waals surface area contributed by atoms with Gasteiger partial charge >= 0.3 is 6.03 Å². The summed E-state index contributed by atoms with van der Waals surface area (Å²) in [6.45, 7) is 5.07. The fraction of sp³-hybridized carbons (Fsp3) is 0.480. The maximum absolute atomic E-state index is 13.2. The Labute approximate surface area is 193 Å². The van der Waals surface area contributed by atoms with Gasteiger partial charge in [0.05, 0.1) is 11.6 Å². The number of aromatic nitrogens is 1. The summed E-state index contributed by atoms with van der Waals surface area (Å²) in [5, 5.41) is 14.4. The van der Waals surface area contributed by atoms with Gasteiger partial charge in [0.25, 0.3) is 5.56 Å². The van der Waals surface area contributed by atoms with Gasteiger partial charge in [-0.25, -0.2) is 4.79 Å². The Kier molecular flexibility index (Phi) is 5.92. The second-order valence-corrected chi connectivity index (χ2v) is 9.65. The number of fused-ring (bicyclic) bond motifs is 4. The molecule has 0 spiro atoms. The summed E-state index contributed by atoms with van der Waals surface area (Å²) in [5.74, 6) is 0.827. The Morgan fingerprint density at radius 3 is 2.70 bits per heavy atom. The van der Waals surface area contributed by atoms with Gasteiger partial charge in [0, 0.05) is 43.0 Å². The van der Waals surface area contributed by atoms with E-state index in [1.165, 1.54) is 12.8 Å². The zero-order valence-corrected chi connectivity index (χ0v) is 19.0. The number of pyridine rings is 1. The van der Waals surface area contributed by atoms with E-state index in [4.69, 9.17) is 5.26 Å². The first-order valence-electron chi connectivity index (χ1n) is 11.7. The molecule has 2 aromatic rings. The normalized spacial score (nSPS) is 23.4. The highest BCUT2D eigenvalue weighted by molar-refractivity contribution is 5.99. The van der Waals surface area contributed by atoms with Gasteiger partial charge in [0.15, 0.2) is 0 Å². The minimum absolute atomic E-state index is 0.143. The molecular formula is C25H30N6O2. The fourth-order valence-corrected chi connectivity index (χ4v) is 5.69. The summed E-state index contributed by atoms with van der Waals surface area (Å²) < 4.78 is 1.87. The first kappa shape index (κ1) is 21.7. The first-order chi connectivity index (χ1) is 16.0. The average molecular weight is 447 g/mol. The van der Waals surface area contributed by atoms with Crippen LogP contribution in [0.4, 0.5) is 16.2 Å². The van der Waals surface area contributed by atoms with E-state index in [0.717, 1.165) is 38.3 Å². The van der Waals surface area contributed by atoms with Crippen molar-refractivity contribution in [3.8, 4) is 6.07 Å². The van der Waals surface area contributed by atoms with E-state index in [1.54, 1.807) is 30.3 Å². The van der Waals surface area contributed by atoms with E-state index >= 15 is 0 Å². The summed E-state index contributed by atoms with van der Waals surface area (Å²) in [7, 11) is 2.19. The van der Waals surface area contributed by atoms with Crippen molar-refractivity contribution >= 4 is 17.4 Å². The van der Waals surface area contributed by atoms with Crippen LogP contribution >= 0.6 is 0 Å². The van der Waals surface area contributed by atoms with Gasteiger partial charge in [-0.3, -0.25) is 9.69 Å². The Morgan fingerprint density at radius 2 is 1.91 bits per heavy atom. The number of nitriles is 1. The van der Waals surface area contributed by atoms with Crippen molar-refractivity contribution in [3.05, 3.63) is 58.0 Å². The van der Waals surface area contributed by atoms with Crippen LogP contribution < -0.4 is 16.2 Å². The molecule has 2 amide bonds. The number of carbonyl (C=O) groups is 1. The fourth-order valence-electron chi connectivity index (χ4n) is 5.69. The quantitative estimate of drug-likeness (QED) is 0.756. The van der Waals surface area contributed by atoms with E-state index in [2.05, 4.69) is 27.5 Å². The first-order valence-corrected chi connectivity index (χ1v) is 11.7. The van der Waals surface area contributed by atoms with E-state index in [1.807, 2.05) is 16.7 Å². The van der Waals surface area contributed by atoms with Gasteiger partial charge in [-0.1, -0.05) is 6.07 Å². The molecule has 2 unspecified atom stereocenters. The molecule has 0 saturated carbocycles. The molecule has 8 heteroatoms. The number of nitrogens with one attached hydrogen (secondary N) is 2. The number of amides is 2. The van der Waals surface area contributed by atoms with Crippen LogP contribution in [0.15, 0.2) is 41.2 Å². The van der Waals surface area contributed by atoms with Gasteiger partial charge in [0.1, 0.15) is 5.69 Å². The molecule has 2 saturated heterocycles. The minimum Gasteiger partial charge on any atom is -0.310 e. The predicted molar refractivity (Wildman–Crippen MR) is 127 cm³/mol. The number of anilines is 2. The molecule has 2 bridgehead atoms. The maximum atomic E-state index is 13.2. The highest BCUT2D eigenvalue weighted by Crippen LogP contribution is 2.37. The molecule has 0 aliphatic carbocycles. The Balaban J connectivity index is 1.29. The molecular weight excluding hydrogens is 416 g/mol. The molecule has 4 heterocycles.